The number of carbonyl (C=O) groups excluding carboxylic acids is 1. The predicted molar refractivity (Wildman–Crippen MR) is 94.6 cm³/mol. The van der Waals surface area contributed by atoms with E-state index in [-0.39, 0.29) is 16.0 Å². The summed E-state index contributed by atoms with van der Waals surface area (Å²) in [6, 6.07) is 8.12. The first kappa shape index (κ1) is 16.7. The van der Waals surface area contributed by atoms with Crippen molar-refractivity contribution in [2.24, 2.45) is 0 Å². The van der Waals surface area contributed by atoms with Crippen molar-refractivity contribution in [2.45, 2.75) is 0 Å². The maximum absolute atomic E-state index is 12.5. The highest BCUT2D eigenvalue weighted by Gasteiger charge is 2.17. The first-order valence-electron chi connectivity index (χ1n) is 6.32. The van der Waals surface area contributed by atoms with E-state index in [9.17, 15) is 4.79 Å². The van der Waals surface area contributed by atoms with E-state index in [1.54, 1.807) is 18.2 Å². The van der Waals surface area contributed by atoms with Gasteiger partial charge in [-0.15, -0.1) is 0 Å². The lowest BCUT2D eigenvalue weighted by atomic mass is 10.1. The van der Waals surface area contributed by atoms with Gasteiger partial charge in [0.2, 0.25) is 0 Å². The summed E-state index contributed by atoms with van der Waals surface area (Å²) in [5.41, 5.74) is 7.72. The zero-order valence-electron chi connectivity index (χ0n) is 12.0. The monoisotopic (exact) mass is 357 g/mol. The lowest BCUT2D eigenvalue weighted by Gasteiger charge is -2.18. The van der Waals surface area contributed by atoms with Crippen molar-refractivity contribution < 1.29 is 4.79 Å². The Morgan fingerprint density at radius 1 is 1.09 bits per heavy atom. The molecule has 2 aromatic carbocycles. The van der Waals surface area contributed by atoms with Crippen molar-refractivity contribution in [3.63, 3.8) is 0 Å². The predicted octanol–water partition coefficient (Wildman–Crippen LogP) is 4.55. The Morgan fingerprint density at radius 2 is 1.68 bits per heavy atom. The molecule has 0 saturated heterocycles. The molecule has 0 heterocycles. The van der Waals surface area contributed by atoms with E-state index in [2.05, 4.69) is 5.32 Å². The number of nitrogens with two attached hydrogens (primary N) is 1. The Labute approximate surface area is 143 Å². The Hall–Kier alpha value is -1.62. The molecule has 0 atom stereocenters. The van der Waals surface area contributed by atoms with Crippen molar-refractivity contribution in [1.82, 2.24) is 0 Å². The average molecular weight is 359 g/mol. The fourth-order valence-corrected chi connectivity index (χ4v) is 2.88. The molecule has 7 heteroatoms. The topological polar surface area (TPSA) is 58.4 Å². The molecule has 0 fully saturated rings. The van der Waals surface area contributed by atoms with Crippen LogP contribution in [0.1, 0.15) is 10.4 Å². The smallest absolute Gasteiger partial charge is 0.257 e. The molecule has 0 unspecified atom stereocenters. The largest absolute Gasteiger partial charge is 0.399 e. The summed E-state index contributed by atoms with van der Waals surface area (Å²) in [6.45, 7) is 0. The van der Waals surface area contributed by atoms with Crippen LogP contribution in [0.5, 0.6) is 0 Å². The van der Waals surface area contributed by atoms with Gasteiger partial charge >= 0.3 is 0 Å². The quantitative estimate of drug-likeness (QED) is 0.792. The van der Waals surface area contributed by atoms with Crippen LogP contribution in [-0.2, 0) is 0 Å². The highest BCUT2D eigenvalue weighted by atomic mass is 35.5. The van der Waals surface area contributed by atoms with Gasteiger partial charge in [0.05, 0.1) is 21.3 Å². The minimum absolute atomic E-state index is 0.265. The molecule has 116 valence electrons. The van der Waals surface area contributed by atoms with Gasteiger partial charge in [0.15, 0.2) is 0 Å². The summed E-state index contributed by atoms with van der Waals surface area (Å²) < 4.78 is 0. The maximum atomic E-state index is 12.5. The maximum Gasteiger partial charge on any atom is 0.257 e. The molecule has 0 aliphatic carbocycles. The van der Waals surface area contributed by atoms with Crippen LogP contribution in [0, 0.1) is 0 Å². The second kappa shape index (κ2) is 6.65. The first-order chi connectivity index (χ1) is 10.3. The molecule has 0 aromatic heterocycles. The third-order valence-corrected chi connectivity index (χ3v) is 3.81. The van der Waals surface area contributed by atoms with Crippen LogP contribution in [0.2, 0.25) is 15.1 Å². The van der Waals surface area contributed by atoms with Crippen LogP contribution in [0.25, 0.3) is 0 Å². The number of amides is 1. The lowest BCUT2D eigenvalue weighted by molar-refractivity contribution is 0.102. The van der Waals surface area contributed by atoms with E-state index in [4.69, 9.17) is 40.5 Å². The number of hydrogen-bond acceptors (Lipinski definition) is 3. The lowest BCUT2D eigenvalue weighted by Crippen LogP contribution is -2.19. The third-order valence-electron chi connectivity index (χ3n) is 2.99. The molecule has 0 spiro atoms. The number of halogens is 3. The molecule has 0 aliphatic heterocycles. The highest BCUT2D eigenvalue weighted by molar-refractivity contribution is 6.42. The summed E-state index contributed by atoms with van der Waals surface area (Å²) in [5.74, 6) is -0.359. The van der Waals surface area contributed by atoms with E-state index < -0.39 is 0 Å². The van der Waals surface area contributed by atoms with E-state index in [1.165, 1.54) is 12.1 Å². The van der Waals surface area contributed by atoms with E-state index >= 15 is 0 Å². The normalized spacial score (nSPS) is 10.4. The molecule has 1 amide bonds. The average Bonchev–Trinajstić information content (AvgIpc) is 2.42. The Kier molecular flexibility index (Phi) is 5.06. The SMILES string of the molecule is CN(C)c1ccc(N)cc1C(=O)Nc1c(Cl)cc(Cl)cc1Cl. The molecule has 3 N–H and O–H groups in total. The van der Waals surface area contributed by atoms with E-state index in [0.717, 1.165) is 5.69 Å². The van der Waals surface area contributed by atoms with E-state index in [1.807, 2.05) is 19.0 Å². The summed E-state index contributed by atoms with van der Waals surface area (Å²) >= 11 is 18.0. The zero-order chi connectivity index (χ0) is 16.4. The number of hydrogen-bond donors (Lipinski definition) is 2. The van der Waals surface area contributed by atoms with Crippen LogP contribution in [0.4, 0.5) is 17.1 Å². The number of anilines is 3. The summed E-state index contributed by atoms with van der Waals surface area (Å²) in [7, 11) is 3.68. The van der Waals surface area contributed by atoms with Crippen LogP contribution in [0.15, 0.2) is 30.3 Å². The van der Waals surface area contributed by atoms with E-state index in [0.29, 0.717) is 22.0 Å². The fourth-order valence-electron chi connectivity index (χ4n) is 1.97. The highest BCUT2D eigenvalue weighted by Crippen LogP contribution is 2.34. The minimum atomic E-state index is -0.359. The van der Waals surface area contributed by atoms with Crippen LogP contribution < -0.4 is 16.0 Å². The molecule has 2 rings (SSSR count). The molecule has 0 radical (unpaired) electrons. The van der Waals surface area contributed by atoms with Crippen molar-refractivity contribution >= 4 is 57.8 Å². The molecule has 4 nitrogen and oxygen atoms in total. The van der Waals surface area contributed by atoms with Gasteiger partial charge in [-0.3, -0.25) is 4.79 Å². The van der Waals surface area contributed by atoms with Crippen molar-refractivity contribution in [2.75, 3.05) is 30.0 Å². The first-order valence-corrected chi connectivity index (χ1v) is 7.45. The third kappa shape index (κ3) is 3.58. The number of nitrogens with one attached hydrogen (secondary N) is 1. The zero-order valence-corrected chi connectivity index (χ0v) is 14.2. The molecule has 0 aliphatic rings. The number of rotatable bonds is 3. The molecule has 22 heavy (non-hydrogen) atoms. The van der Waals surface area contributed by atoms with Gasteiger partial charge in [-0.05, 0) is 30.3 Å². The van der Waals surface area contributed by atoms with Crippen LogP contribution in [-0.4, -0.2) is 20.0 Å². The van der Waals surface area contributed by atoms with Crippen LogP contribution in [0.3, 0.4) is 0 Å². The van der Waals surface area contributed by atoms with Crippen molar-refractivity contribution in [3.8, 4) is 0 Å². The van der Waals surface area contributed by atoms with Crippen molar-refractivity contribution in [1.29, 1.82) is 0 Å². The van der Waals surface area contributed by atoms with Crippen molar-refractivity contribution in [3.05, 3.63) is 51.0 Å². The molecule has 0 bridgehead atoms. The second-order valence-electron chi connectivity index (χ2n) is 4.87. The van der Waals surface area contributed by atoms with Gasteiger partial charge in [0.25, 0.3) is 5.91 Å². The fraction of sp³-hybridized carbons (Fsp3) is 0.133. The Bertz CT molecular complexity index is 709. The number of benzene rings is 2. The molecular weight excluding hydrogens is 345 g/mol. The number of carbonyl (C=O) groups is 1. The summed E-state index contributed by atoms with van der Waals surface area (Å²) in [5, 5.41) is 3.63. The van der Waals surface area contributed by atoms with Crippen LogP contribution >= 0.6 is 34.8 Å². The minimum Gasteiger partial charge on any atom is -0.399 e. The van der Waals surface area contributed by atoms with Gasteiger partial charge in [-0.25, -0.2) is 0 Å². The van der Waals surface area contributed by atoms with Gasteiger partial charge < -0.3 is 16.0 Å². The van der Waals surface area contributed by atoms with Gasteiger partial charge in [0, 0.05) is 30.5 Å². The summed E-state index contributed by atoms with van der Waals surface area (Å²) in [4.78, 5) is 14.4. The van der Waals surface area contributed by atoms with Gasteiger partial charge in [-0.1, -0.05) is 34.8 Å². The Balaban J connectivity index is 2.40. The standard InChI is InChI=1S/C15H14Cl3N3O/c1-21(2)13-4-3-9(19)7-10(13)15(22)20-14-11(17)5-8(16)6-12(14)18/h3-7H,19H2,1-2H3,(H,20,22). The van der Waals surface area contributed by atoms with Gasteiger partial charge in [-0.2, -0.15) is 0 Å². The Morgan fingerprint density at radius 3 is 2.23 bits per heavy atom. The number of nitrogen functional groups attached to an aromatic ring is 1. The summed E-state index contributed by atoms with van der Waals surface area (Å²) in [6.07, 6.45) is 0. The number of nitrogens with zero attached hydrogens (tertiary/aromatic N) is 1. The molecular formula is C15H14Cl3N3O. The molecule has 2 aromatic rings. The molecule has 0 saturated carbocycles. The second-order valence-corrected chi connectivity index (χ2v) is 6.12. The van der Waals surface area contributed by atoms with Gasteiger partial charge in [0.1, 0.15) is 0 Å².